The van der Waals surface area contributed by atoms with Crippen molar-refractivity contribution in [3.63, 3.8) is 0 Å². The molecule has 0 aromatic heterocycles. The average Bonchev–Trinajstić information content (AvgIpc) is 2.98. The summed E-state index contributed by atoms with van der Waals surface area (Å²) in [6.45, 7) is 1.70. The summed E-state index contributed by atoms with van der Waals surface area (Å²) in [5.41, 5.74) is 5.70. The van der Waals surface area contributed by atoms with Gasteiger partial charge in [-0.3, -0.25) is 4.79 Å². The Bertz CT molecular complexity index is 279. The molecule has 0 aromatic rings. The Morgan fingerprint density at radius 2 is 1.60 bits per heavy atom. The van der Waals surface area contributed by atoms with Gasteiger partial charge in [0.2, 0.25) is 5.91 Å². The lowest BCUT2D eigenvalue weighted by Gasteiger charge is -2.27. The zero-order valence-corrected chi connectivity index (χ0v) is 12.9. The highest BCUT2D eigenvalue weighted by molar-refractivity contribution is 5.76. The molecule has 116 valence electrons. The minimum Gasteiger partial charge on any atom is -0.356 e. The molecule has 3 N–H and O–H groups in total. The lowest BCUT2D eigenvalue weighted by atomic mass is 9.80. The van der Waals surface area contributed by atoms with Crippen LogP contribution in [-0.2, 0) is 4.79 Å². The molecule has 2 saturated carbocycles. The minimum absolute atomic E-state index is 0.271. The molecule has 0 unspecified atom stereocenters. The summed E-state index contributed by atoms with van der Waals surface area (Å²) in [6.07, 6.45) is 13.7. The minimum atomic E-state index is 0.271. The molecule has 3 heteroatoms. The predicted octanol–water partition coefficient (Wildman–Crippen LogP) is 3.23. The first kappa shape index (κ1) is 15.8. The molecule has 0 atom stereocenters. The van der Waals surface area contributed by atoms with Gasteiger partial charge in [0, 0.05) is 13.0 Å². The standard InChI is InChI=1S/C17H32N2O/c18-13-16-9-7-15(8-10-16)12-17(20)19-11-3-6-14-4-1-2-5-14/h14-16H,1-13,18H2,(H,19,20). The first-order chi connectivity index (χ1) is 9.78. The zero-order chi connectivity index (χ0) is 14.2. The van der Waals surface area contributed by atoms with Gasteiger partial charge in [-0.1, -0.05) is 25.7 Å². The number of carbonyl (C=O) groups excluding carboxylic acids is 1. The molecule has 2 rings (SSSR count). The van der Waals surface area contributed by atoms with Gasteiger partial charge in [0.1, 0.15) is 0 Å². The average molecular weight is 280 g/mol. The third-order valence-corrected chi connectivity index (χ3v) is 5.36. The topological polar surface area (TPSA) is 55.1 Å². The quantitative estimate of drug-likeness (QED) is 0.703. The lowest BCUT2D eigenvalue weighted by molar-refractivity contribution is -0.122. The number of nitrogens with two attached hydrogens (primary N) is 1. The summed E-state index contributed by atoms with van der Waals surface area (Å²) in [5.74, 6) is 2.53. The van der Waals surface area contributed by atoms with Crippen molar-refractivity contribution < 1.29 is 4.79 Å². The Balaban J connectivity index is 1.49. The number of rotatable bonds is 7. The van der Waals surface area contributed by atoms with Crippen molar-refractivity contribution in [2.24, 2.45) is 23.5 Å². The van der Waals surface area contributed by atoms with E-state index in [0.29, 0.717) is 11.8 Å². The van der Waals surface area contributed by atoms with Crippen molar-refractivity contribution in [3.8, 4) is 0 Å². The first-order valence-corrected chi connectivity index (χ1v) is 8.74. The molecule has 2 fully saturated rings. The molecule has 0 heterocycles. The van der Waals surface area contributed by atoms with Crippen LogP contribution in [-0.4, -0.2) is 19.0 Å². The first-order valence-electron chi connectivity index (χ1n) is 8.74. The molecule has 0 spiro atoms. The lowest BCUT2D eigenvalue weighted by Crippen LogP contribution is -2.29. The second-order valence-corrected chi connectivity index (χ2v) is 6.97. The van der Waals surface area contributed by atoms with Gasteiger partial charge in [0.25, 0.3) is 0 Å². The van der Waals surface area contributed by atoms with Crippen molar-refractivity contribution in [1.82, 2.24) is 5.32 Å². The molecule has 0 aliphatic heterocycles. The van der Waals surface area contributed by atoms with Crippen molar-refractivity contribution in [2.75, 3.05) is 13.1 Å². The van der Waals surface area contributed by atoms with Crippen LogP contribution in [0, 0.1) is 17.8 Å². The third-order valence-electron chi connectivity index (χ3n) is 5.36. The molecule has 2 aliphatic rings. The summed E-state index contributed by atoms with van der Waals surface area (Å²) >= 11 is 0. The van der Waals surface area contributed by atoms with Crippen LogP contribution < -0.4 is 11.1 Å². The number of carbonyl (C=O) groups is 1. The van der Waals surface area contributed by atoms with Crippen LogP contribution in [0.4, 0.5) is 0 Å². The van der Waals surface area contributed by atoms with Crippen molar-refractivity contribution >= 4 is 5.91 Å². The maximum Gasteiger partial charge on any atom is 0.220 e. The van der Waals surface area contributed by atoms with E-state index < -0.39 is 0 Å². The van der Waals surface area contributed by atoms with E-state index in [9.17, 15) is 4.79 Å². The van der Waals surface area contributed by atoms with E-state index in [1.54, 1.807) is 0 Å². The summed E-state index contributed by atoms with van der Waals surface area (Å²) in [7, 11) is 0. The van der Waals surface area contributed by atoms with E-state index >= 15 is 0 Å². The number of nitrogens with one attached hydrogen (secondary N) is 1. The molecule has 1 amide bonds. The fourth-order valence-electron chi connectivity index (χ4n) is 3.92. The highest BCUT2D eigenvalue weighted by atomic mass is 16.1. The van der Waals surface area contributed by atoms with E-state index in [2.05, 4.69) is 5.32 Å². The van der Waals surface area contributed by atoms with E-state index in [4.69, 9.17) is 5.73 Å². The molecular formula is C17H32N2O. The monoisotopic (exact) mass is 280 g/mol. The van der Waals surface area contributed by atoms with Crippen LogP contribution in [0.25, 0.3) is 0 Å². The fourth-order valence-corrected chi connectivity index (χ4v) is 3.92. The fraction of sp³-hybridized carbons (Fsp3) is 0.941. The smallest absolute Gasteiger partial charge is 0.220 e. The second-order valence-electron chi connectivity index (χ2n) is 6.97. The van der Waals surface area contributed by atoms with E-state index in [1.165, 1.54) is 57.8 Å². The highest BCUT2D eigenvalue weighted by Crippen LogP contribution is 2.30. The maximum absolute atomic E-state index is 11.9. The molecule has 20 heavy (non-hydrogen) atoms. The van der Waals surface area contributed by atoms with Gasteiger partial charge < -0.3 is 11.1 Å². The number of hydrogen-bond acceptors (Lipinski definition) is 2. The molecular weight excluding hydrogens is 248 g/mol. The van der Waals surface area contributed by atoms with E-state index in [1.807, 2.05) is 0 Å². The Kier molecular flexibility index (Phi) is 6.85. The largest absolute Gasteiger partial charge is 0.356 e. The van der Waals surface area contributed by atoms with Crippen LogP contribution in [0.5, 0.6) is 0 Å². The number of amides is 1. The Morgan fingerprint density at radius 3 is 2.25 bits per heavy atom. The van der Waals surface area contributed by atoms with Gasteiger partial charge >= 0.3 is 0 Å². The summed E-state index contributed by atoms with van der Waals surface area (Å²) in [4.78, 5) is 11.9. The molecule has 0 bridgehead atoms. The van der Waals surface area contributed by atoms with Gasteiger partial charge in [0.05, 0.1) is 0 Å². The Hall–Kier alpha value is -0.570. The van der Waals surface area contributed by atoms with E-state index in [0.717, 1.165) is 31.8 Å². The van der Waals surface area contributed by atoms with Gasteiger partial charge in [-0.15, -0.1) is 0 Å². The van der Waals surface area contributed by atoms with Crippen molar-refractivity contribution in [2.45, 2.75) is 70.6 Å². The molecule has 0 saturated heterocycles. The molecule has 2 aliphatic carbocycles. The molecule has 3 nitrogen and oxygen atoms in total. The summed E-state index contributed by atoms with van der Waals surface area (Å²) in [5, 5.41) is 3.12. The summed E-state index contributed by atoms with van der Waals surface area (Å²) < 4.78 is 0. The predicted molar refractivity (Wildman–Crippen MR) is 83.3 cm³/mol. The van der Waals surface area contributed by atoms with Gasteiger partial charge in [-0.2, -0.15) is 0 Å². The number of hydrogen-bond donors (Lipinski definition) is 2. The zero-order valence-electron chi connectivity index (χ0n) is 12.9. The highest BCUT2D eigenvalue weighted by Gasteiger charge is 2.22. The Morgan fingerprint density at radius 1 is 0.950 bits per heavy atom. The maximum atomic E-state index is 11.9. The normalized spacial score (nSPS) is 27.6. The molecule has 0 radical (unpaired) electrons. The van der Waals surface area contributed by atoms with Crippen molar-refractivity contribution in [3.05, 3.63) is 0 Å². The van der Waals surface area contributed by atoms with Gasteiger partial charge in [0.15, 0.2) is 0 Å². The van der Waals surface area contributed by atoms with Crippen molar-refractivity contribution in [1.29, 1.82) is 0 Å². The van der Waals surface area contributed by atoms with Gasteiger partial charge in [-0.25, -0.2) is 0 Å². The summed E-state index contributed by atoms with van der Waals surface area (Å²) in [6, 6.07) is 0. The van der Waals surface area contributed by atoms with E-state index in [-0.39, 0.29) is 5.91 Å². The molecule has 0 aromatic carbocycles. The van der Waals surface area contributed by atoms with Crippen LogP contribution >= 0.6 is 0 Å². The van der Waals surface area contributed by atoms with Crippen LogP contribution in [0.1, 0.15) is 70.6 Å². The third kappa shape index (κ3) is 5.43. The van der Waals surface area contributed by atoms with Gasteiger partial charge in [-0.05, 0) is 62.8 Å². The second kappa shape index (κ2) is 8.66. The Labute approximate surface area is 124 Å². The SMILES string of the molecule is NCC1CCC(CC(=O)NCCCC2CCCC2)CC1. The van der Waals surface area contributed by atoms with Crippen LogP contribution in [0.3, 0.4) is 0 Å². The van der Waals surface area contributed by atoms with Crippen LogP contribution in [0.2, 0.25) is 0 Å². The van der Waals surface area contributed by atoms with Crippen LogP contribution in [0.15, 0.2) is 0 Å².